The second-order valence-corrected chi connectivity index (χ2v) is 65.2. The Morgan fingerprint density at radius 3 is 1.16 bits per heavy atom. The molecule has 14 atom stereocenters. The lowest BCUT2D eigenvalue weighted by Gasteiger charge is -2.39. The molecule has 136 heavy (non-hydrogen) atoms. The first-order valence-electron chi connectivity index (χ1n) is 47.0. The molecule has 0 saturated carbocycles. The number of fused-ring (bicyclic) bond motifs is 6. The van der Waals surface area contributed by atoms with Crippen LogP contribution in [0.2, 0.25) is 87.6 Å². The molecule has 2 N–H and O–H groups in total. The smallest absolute Gasteiger partial charge is 0.215 e. The fourth-order valence-corrected chi connectivity index (χ4v) is 23.7. The molecule has 0 amide bonds. The molecule has 9 aliphatic rings. The first kappa shape index (κ1) is 102. The predicted octanol–water partition coefficient (Wildman–Crippen LogP) is 16.2. The van der Waals surface area contributed by atoms with Gasteiger partial charge in [0.05, 0.1) is 169 Å². The molecular weight excluding hydrogens is 1870 g/mol. The molecule has 40 heteroatoms. The zero-order valence-electron chi connectivity index (χ0n) is 81.3. The number of aliphatic hydroxyl groups is 1. The Bertz CT molecular complexity index is 5770. The lowest BCUT2D eigenvalue weighted by atomic mass is 10.1. The summed E-state index contributed by atoms with van der Waals surface area (Å²) in [5, 5.41) is 10.1. The van der Waals surface area contributed by atoms with E-state index in [2.05, 4.69) is 117 Å². The number of hydrogen-bond acceptors (Lipinski definition) is 25. The van der Waals surface area contributed by atoms with Gasteiger partial charge in [0, 0.05) is 104 Å². The fraction of sp³-hybridized carbons (Fsp3) is 0.594. The monoisotopic (exact) mass is 2000 g/mol. The molecule has 0 radical (unpaired) electrons. The maximum absolute atomic E-state index is 15.7. The Morgan fingerprint density at radius 1 is 0.434 bits per heavy atom. The zero-order valence-corrected chi connectivity index (χ0v) is 86.9. The van der Waals surface area contributed by atoms with Crippen LogP contribution in [-0.2, 0) is 96.0 Å². The number of hydrogen-bond donors (Lipinski definition) is 2. The Labute approximate surface area is 800 Å². The summed E-state index contributed by atoms with van der Waals surface area (Å²) in [5.41, 5.74) is 4.96. The van der Waals surface area contributed by atoms with E-state index in [0.29, 0.717) is 173 Å². The third-order valence-electron chi connectivity index (χ3n) is 27.7. The van der Waals surface area contributed by atoms with Crippen LogP contribution in [0.3, 0.4) is 0 Å². The largest absolute Gasteiger partial charge is 0.470 e. The second kappa shape index (κ2) is 41.3. The Morgan fingerprint density at radius 2 is 0.765 bits per heavy atom. The number of aromatic amines is 1. The minimum Gasteiger partial charge on any atom is -0.470 e. The van der Waals surface area contributed by atoms with Crippen LogP contribution in [0.25, 0.3) is 66.9 Å². The molecule has 2 unspecified atom stereocenters. The van der Waals surface area contributed by atoms with Crippen molar-refractivity contribution in [1.82, 2.24) is 29.1 Å². The minimum atomic E-state index is -2.10. The maximum Gasteiger partial charge on any atom is 0.215 e. The van der Waals surface area contributed by atoms with Gasteiger partial charge in [-0.25, -0.2) is 41.3 Å². The number of nitrogens with one attached hydrogen (secondary N) is 1. The van der Waals surface area contributed by atoms with E-state index in [0.717, 1.165) is 23.2 Å². The summed E-state index contributed by atoms with van der Waals surface area (Å²) in [6, 6.07) is 20.0. The lowest BCUT2D eigenvalue weighted by molar-refractivity contribution is 0.00740. The van der Waals surface area contributed by atoms with E-state index in [9.17, 15) is 13.5 Å². The Hall–Kier alpha value is -7.28. The second-order valence-electron chi connectivity index (χ2n) is 41.8. The Balaban J connectivity index is 0.000000150. The number of aliphatic hydroxyl groups excluding tert-OH is 1. The number of morpholine rings is 3. The number of aromatic nitrogens is 6. The molecule has 9 aliphatic heterocycles. The molecule has 28 nitrogen and oxygen atoms in total. The van der Waals surface area contributed by atoms with Gasteiger partial charge < -0.3 is 100.0 Å². The third kappa shape index (κ3) is 22.0. The van der Waals surface area contributed by atoms with Gasteiger partial charge in [-0.3, -0.25) is 17.6 Å². The summed E-state index contributed by atoms with van der Waals surface area (Å²) in [4.78, 5) is 23.4. The van der Waals surface area contributed by atoms with Gasteiger partial charge in [0.15, 0.2) is 34.9 Å². The molecule has 744 valence electrons. The molecule has 9 fully saturated rings. The number of nitrogens with zero attached hydrogens (tertiary/aromatic N) is 8. The van der Waals surface area contributed by atoms with Gasteiger partial charge in [0.2, 0.25) is 17.6 Å². The fourth-order valence-electron chi connectivity index (χ4n) is 18.0. The van der Waals surface area contributed by atoms with E-state index in [1.54, 1.807) is 30.5 Å². The highest BCUT2D eigenvalue weighted by Gasteiger charge is 2.56. The standard InChI is InChI=1S/C36H53F2N3O7SSi2.C36H53F2N3O6Si2.C24H25F2N3O6S/c1-36(2,3)51(8,9)48-29-21-46-32-28(20-45-33(29)32)47-35-34(49(4)42)31-27(41(35)22-44-16-17-50(5,6)7)11-10-26(39-31)30-24(37)18-23(19-25(30)38)40-12-14-43-15-13-40;1-23-32-28(11-10-27(39-32)31-25(37)18-24(19-26(31)38)40-12-14-42-15-13-40)41(22-43-16-17-48(5,6)7)35(23)46-29-20-44-34-30(21-45-33(29)34)47-49(8,9)36(2,3)4;1-36(31)23-20-16(28-24(23)35-18-11-34-21-17(30)10-33-22(18)21)3-2-15(27-20)19-13(25)8-12(9-14(19)26)29-4-6-32-7-5-29/h10-11,18-19,28-29,32-33H,12-17,20-22H2,1-9H3;10-11,18-19,29-30,33-34H,12-17,20-22H2,1-9H3;2-3,8-9,17-18,21-22,28,30H,4-7,10-11H2,1H3/t28-,29-,32-,33-,49?;29-,30-,33-,34-;17-,18-,21-,22-,36?/m111/s1. The number of H-pyrrole nitrogens is 1. The van der Waals surface area contributed by atoms with Crippen molar-refractivity contribution in [1.29, 1.82) is 0 Å². The number of ether oxygens (including phenoxy) is 14. The minimum absolute atomic E-state index is 0.0264. The summed E-state index contributed by atoms with van der Waals surface area (Å²) < 4.78 is 221. The highest BCUT2D eigenvalue weighted by Crippen LogP contribution is 2.48. The van der Waals surface area contributed by atoms with Crippen molar-refractivity contribution in [3.05, 3.63) is 113 Å². The number of benzene rings is 3. The molecule has 9 aromatic rings. The van der Waals surface area contributed by atoms with Crippen LogP contribution in [0.5, 0.6) is 17.6 Å². The highest BCUT2D eigenvalue weighted by atomic mass is 32.2. The Kier molecular flexibility index (Phi) is 30.9. The predicted molar refractivity (Wildman–Crippen MR) is 520 cm³/mol. The molecule has 6 aromatic heterocycles. The van der Waals surface area contributed by atoms with Crippen LogP contribution in [-0.4, -0.2) is 293 Å². The summed E-state index contributed by atoms with van der Waals surface area (Å²) >= 11 is 0. The summed E-state index contributed by atoms with van der Waals surface area (Å²) in [6.45, 7) is 47.7. The third-order valence-corrected chi connectivity index (χ3v) is 42.0. The van der Waals surface area contributed by atoms with Crippen LogP contribution in [0.15, 0.2) is 82.6 Å². The van der Waals surface area contributed by atoms with Crippen molar-refractivity contribution in [2.75, 3.05) is 159 Å². The van der Waals surface area contributed by atoms with Crippen LogP contribution >= 0.6 is 0 Å². The highest BCUT2D eigenvalue weighted by molar-refractivity contribution is 7.85. The summed E-state index contributed by atoms with van der Waals surface area (Å²) in [7, 11) is -9.95. The van der Waals surface area contributed by atoms with E-state index >= 15 is 26.3 Å². The first-order valence-corrected chi connectivity index (χ1v) is 63.3. The lowest BCUT2D eigenvalue weighted by Crippen LogP contribution is -2.47. The van der Waals surface area contributed by atoms with Gasteiger partial charge in [-0.2, -0.15) is 0 Å². The van der Waals surface area contributed by atoms with Gasteiger partial charge in [0.1, 0.15) is 112 Å². The summed E-state index contributed by atoms with van der Waals surface area (Å²) in [6.07, 6.45) is -1.63. The molecular formula is C96H131F6N9O19S2Si4. The molecule has 0 bridgehead atoms. The molecule has 15 heterocycles. The van der Waals surface area contributed by atoms with Gasteiger partial charge in [-0.05, 0) is 128 Å². The van der Waals surface area contributed by atoms with Gasteiger partial charge in [-0.1, -0.05) is 80.8 Å². The molecule has 18 rings (SSSR count). The van der Waals surface area contributed by atoms with Gasteiger partial charge >= 0.3 is 0 Å². The van der Waals surface area contributed by atoms with Crippen molar-refractivity contribution in [3.8, 4) is 51.4 Å². The van der Waals surface area contributed by atoms with E-state index in [4.69, 9.17) is 85.1 Å². The quantitative estimate of drug-likeness (QED) is 0.0262. The van der Waals surface area contributed by atoms with Crippen molar-refractivity contribution in [2.45, 2.75) is 233 Å². The molecule has 3 aromatic carbocycles. The summed E-state index contributed by atoms with van der Waals surface area (Å²) in [5.74, 6) is -3.11. The van der Waals surface area contributed by atoms with Crippen molar-refractivity contribution in [2.24, 2.45) is 0 Å². The van der Waals surface area contributed by atoms with Gasteiger partial charge in [-0.15, -0.1) is 0 Å². The van der Waals surface area contributed by atoms with Crippen LogP contribution in [0.4, 0.5) is 43.4 Å². The van der Waals surface area contributed by atoms with E-state index in [1.807, 2.05) is 36.8 Å². The number of pyridine rings is 3. The average molecular weight is 2010 g/mol. The van der Waals surface area contributed by atoms with Gasteiger partial charge in [0.25, 0.3) is 0 Å². The van der Waals surface area contributed by atoms with Crippen LogP contribution in [0, 0.1) is 41.8 Å². The van der Waals surface area contributed by atoms with E-state index in [1.165, 1.54) is 48.7 Å². The zero-order chi connectivity index (χ0) is 97.2. The number of aryl methyl sites for hydroxylation is 1. The van der Waals surface area contributed by atoms with Crippen LogP contribution in [0.1, 0.15) is 47.1 Å². The number of rotatable bonds is 28. The van der Waals surface area contributed by atoms with Crippen LogP contribution < -0.4 is 28.9 Å². The number of anilines is 3. The molecule has 0 aliphatic carbocycles. The maximum atomic E-state index is 15.7. The van der Waals surface area contributed by atoms with E-state index in [-0.39, 0.29) is 125 Å². The molecule has 0 spiro atoms. The van der Waals surface area contributed by atoms with Crippen molar-refractivity contribution in [3.63, 3.8) is 0 Å². The average Bonchev–Trinajstić information content (AvgIpc) is 1.59. The van der Waals surface area contributed by atoms with E-state index < -0.39 is 126 Å². The molecule has 9 saturated heterocycles. The topological polar surface area (TPSA) is 276 Å². The SMILES string of the molecule is CS(=O)c1c(O[C@@H]2CO[C@H]3[C@@H]2OC[C@H]3O)[nH]c2ccc(-c3c(F)cc(N4CCOCC4)cc3F)nc12.CS(=O)c1c(O[C@@H]2CO[C@H]3[C@@H]2OC[C@H]3O[Si](C)(C)C(C)(C)C)n(COCC[Si](C)(C)C)c2ccc(-c3c(F)cc(N4CCOCC4)cc3F)nc12.Cc1c(O[C@@H]2CO[C@H]3[C@@H]2OC[C@H]3O[Si](C)(C)C(C)(C)C)n(COCC[Si](C)(C)C)c2ccc(-c3c(F)cc(N4CCOCC4)cc3F)nc12. The normalized spacial score (nSPS) is 24.4. The van der Waals surface area contributed by atoms with Crippen molar-refractivity contribution >= 4 is 105 Å². The van der Waals surface area contributed by atoms with Crippen molar-refractivity contribution < 1.29 is 115 Å². The number of halogens is 6. The first-order chi connectivity index (χ1) is 64.4.